The molecule has 18 heavy (non-hydrogen) atoms. The second-order valence-corrected chi connectivity index (χ2v) is 5.08. The maximum absolute atomic E-state index is 11.3. The smallest absolute Gasteiger partial charge is 0.306 e. The van der Waals surface area contributed by atoms with Gasteiger partial charge in [-0.05, 0) is 33.6 Å². The van der Waals surface area contributed by atoms with E-state index in [-0.39, 0.29) is 12.4 Å². The van der Waals surface area contributed by atoms with E-state index in [0.29, 0.717) is 25.8 Å². The number of carbonyl (C=O) groups is 3. The van der Waals surface area contributed by atoms with Crippen molar-refractivity contribution < 1.29 is 19.1 Å². The third-order valence-electron chi connectivity index (χ3n) is 2.09. The number of nitrogens with one attached hydrogen (secondary N) is 1. The van der Waals surface area contributed by atoms with E-state index in [1.54, 1.807) is 6.92 Å². The van der Waals surface area contributed by atoms with Crippen LogP contribution in [0.5, 0.6) is 0 Å². The van der Waals surface area contributed by atoms with Crippen LogP contribution in [0.3, 0.4) is 0 Å². The van der Waals surface area contributed by atoms with Crippen LogP contribution in [0.4, 0.5) is 0 Å². The zero-order valence-corrected chi connectivity index (χ0v) is 11.7. The molecule has 0 heterocycles. The molecule has 0 fully saturated rings. The monoisotopic (exact) mass is 257 g/mol. The Bertz CT molecular complexity index is 305. The number of esters is 1. The highest BCUT2D eigenvalue weighted by atomic mass is 16.6. The summed E-state index contributed by atoms with van der Waals surface area (Å²) in [5.41, 5.74) is -0.459. The highest BCUT2D eigenvalue weighted by molar-refractivity contribution is 6.36. The third kappa shape index (κ3) is 8.73. The molecule has 0 aromatic heterocycles. The molecule has 1 N–H and O–H groups in total. The quantitative estimate of drug-likeness (QED) is 0.427. The predicted octanol–water partition coefficient (Wildman–Crippen LogP) is 1.59. The number of ether oxygens (including phenoxy) is 1. The van der Waals surface area contributed by atoms with Gasteiger partial charge < -0.3 is 10.1 Å². The Labute approximate surface area is 108 Å². The lowest BCUT2D eigenvalue weighted by molar-refractivity contribution is -0.154. The molecule has 0 saturated carbocycles. The van der Waals surface area contributed by atoms with Gasteiger partial charge in [0.15, 0.2) is 0 Å². The largest absolute Gasteiger partial charge is 0.460 e. The van der Waals surface area contributed by atoms with E-state index in [4.69, 9.17) is 4.74 Å². The summed E-state index contributed by atoms with van der Waals surface area (Å²) < 4.78 is 5.14. The highest BCUT2D eigenvalue weighted by Gasteiger charge is 2.15. The van der Waals surface area contributed by atoms with Gasteiger partial charge >= 0.3 is 5.97 Å². The van der Waals surface area contributed by atoms with E-state index in [9.17, 15) is 14.4 Å². The average molecular weight is 257 g/mol. The number of ketones is 1. The van der Waals surface area contributed by atoms with Gasteiger partial charge in [0.25, 0.3) is 5.91 Å². The van der Waals surface area contributed by atoms with Crippen molar-refractivity contribution >= 4 is 17.7 Å². The van der Waals surface area contributed by atoms with Crippen LogP contribution < -0.4 is 5.32 Å². The molecule has 1 amide bonds. The average Bonchev–Trinajstić information content (AvgIpc) is 2.24. The molecule has 5 heteroatoms. The maximum atomic E-state index is 11.3. The number of amides is 1. The molecule has 0 spiro atoms. The van der Waals surface area contributed by atoms with Gasteiger partial charge in [0, 0.05) is 19.4 Å². The van der Waals surface area contributed by atoms with Crippen molar-refractivity contribution in [3.8, 4) is 0 Å². The van der Waals surface area contributed by atoms with Gasteiger partial charge in [0.1, 0.15) is 5.60 Å². The molecule has 0 aliphatic rings. The number of unbranched alkanes of at least 4 members (excludes halogenated alkanes) is 1. The fourth-order valence-corrected chi connectivity index (χ4v) is 1.25. The van der Waals surface area contributed by atoms with Gasteiger partial charge in [0.05, 0.1) is 0 Å². The Morgan fingerprint density at radius 1 is 1.11 bits per heavy atom. The second kappa shape index (κ2) is 7.84. The Morgan fingerprint density at radius 2 is 1.72 bits per heavy atom. The van der Waals surface area contributed by atoms with Crippen molar-refractivity contribution in [1.82, 2.24) is 5.32 Å². The molecular formula is C13H23NO4. The lowest BCUT2D eigenvalue weighted by atomic mass is 10.2. The SMILES string of the molecule is CCC(=O)C(=O)NCCCCC(=O)OC(C)(C)C. The van der Waals surface area contributed by atoms with Crippen LogP contribution in [-0.4, -0.2) is 29.8 Å². The predicted molar refractivity (Wildman–Crippen MR) is 68.0 cm³/mol. The molecule has 0 rings (SSSR count). The molecule has 0 saturated heterocycles. The lowest BCUT2D eigenvalue weighted by Crippen LogP contribution is -2.31. The van der Waals surface area contributed by atoms with Crippen molar-refractivity contribution in [2.45, 2.75) is 59.0 Å². The summed E-state index contributed by atoms with van der Waals surface area (Å²) in [7, 11) is 0. The Morgan fingerprint density at radius 3 is 2.22 bits per heavy atom. The molecule has 0 aromatic carbocycles. The minimum Gasteiger partial charge on any atom is -0.460 e. The van der Waals surface area contributed by atoms with Gasteiger partial charge in [0.2, 0.25) is 5.78 Å². The Kier molecular flexibility index (Phi) is 7.24. The summed E-state index contributed by atoms with van der Waals surface area (Å²) in [5, 5.41) is 2.51. The van der Waals surface area contributed by atoms with Crippen LogP contribution in [0.25, 0.3) is 0 Å². The van der Waals surface area contributed by atoms with Crippen LogP contribution in [0.1, 0.15) is 53.4 Å². The number of hydrogen-bond donors (Lipinski definition) is 1. The number of carbonyl (C=O) groups excluding carboxylic acids is 3. The molecule has 0 aliphatic carbocycles. The first-order valence-corrected chi connectivity index (χ1v) is 6.29. The van der Waals surface area contributed by atoms with Gasteiger partial charge in [-0.2, -0.15) is 0 Å². The van der Waals surface area contributed by atoms with Crippen LogP contribution in [0.2, 0.25) is 0 Å². The first-order valence-electron chi connectivity index (χ1n) is 6.29. The van der Waals surface area contributed by atoms with Crippen molar-refractivity contribution in [2.24, 2.45) is 0 Å². The Balaban J connectivity index is 3.60. The summed E-state index contributed by atoms with van der Waals surface area (Å²) in [6.07, 6.45) is 1.83. The maximum Gasteiger partial charge on any atom is 0.306 e. The third-order valence-corrected chi connectivity index (χ3v) is 2.09. The number of rotatable bonds is 7. The fraction of sp³-hybridized carbons (Fsp3) is 0.769. The van der Waals surface area contributed by atoms with Crippen molar-refractivity contribution in [3.63, 3.8) is 0 Å². The molecular weight excluding hydrogens is 234 g/mol. The zero-order valence-electron chi connectivity index (χ0n) is 11.7. The van der Waals surface area contributed by atoms with Crippen LogP contribution in [0.15, 0.2) is 0 Å². The van der Waals surface area contributed by atoms with Gasteiger partial charge in [-0.1, -0.05) is 6.92 Å². The Hall–Kier alpha value is -1.39. The van der Waals surface area contributed by atoms with Crippen LogP contribution in [0, 0.1) is 0 Å². The molecule has 104 valence electrons. The molecule has 0 aromatic rings. The summed E-state index contributed by atoms with van der Waals surface area (Å²) in [5.74, 6) is -1.20. The van der Waals surface area contributed by atoms with E-state index in [1.807, 2.05) is 20.8 Å². The first kappa shape index (κ1) is 16.6. The molecule has 0 unspecified atom stereocenters. The van der Waals surface area contributed by atoms with E-state index in [2.05, 4.69) is 5.32 Å². The second-order valence-electron chi connectivity index (χ2n) is 5.08. The minimum absolute atomic E-state index is 0.212. The first-order chi connectivity index (χ1) is 8.26. The molecule has 0 aliphatic heterocycles. The van der Waals surface area contributed by atoms with Gasteiger partial charge in [-0.15, -0.1) is 0 Å². The molecule has 0 atom stereocenters. The summed E-state index contributed by atoms with van der Waals surface area (Å²) in [6, 6.07) is 0. The number of hydrogen-bond acceptors (Lipinski definition) is 4. The highest BCUT2D eigenvalue weighted by Crippen LogP contribution is 2.09. The van der Waals surface area contributed by atoms with Crippen LogP contribution in [-0.2, 0) is 19.1 Å². The topological polar surface area (TPSA) is 72.5 Å². The van der Waals surface area contributed by atoms with Gasteiger partial charge in [-0.25, -0.2) is 0 Å². The lowest BCUT2D eigenvalue weighted by Gasteiger charge is -2.19. The van der Waals surface area contributed by atoms with E-state index < -0.39 is 17.3 Å². The molecule has 0 bridgehead atoms. The summed E-state index contributed by atoms with van der Waals surface area (Å²) in [4.78, 5) is 33.4. The zero-order chi connectivity index (χ0) is 14.2. The molecule has 5 nitrogen and oxygen atoms in total. The van der Waals surface area contributed by atoms with Crippen molar-refractivity contribution in [2.75, 3.05) is 6.54 Å². The standard InChI is InChI=1S/C13H23NO4/c1-5-10(15)12(17)14-9-7-6-8-11(16)18-13(2,3)4/h5-9H2,1-4H3,(H,14,17). The van der Waals surface area contributed by atoms with E-state index in [1.165, 1.54) is 0 Å². The van der Waals surface area contributed by atoms with E-state index >= 15 is 0 Å². The minimum atomic E-state index is -0.547. The summed E-state index contributed by atoms with van der Waals surface area (Å²) in [6.45, 7) is 7.52. The van der Waals surface area contributed by atoms with Crippen molar-refractivity contribution in [3.05, 3.63) is 0 Å². The number of Topliss-reactive ketones (excluding diaryl/α,β-unsaturated/α-hetero) is 1. The van der Waals surface area contributed by atoms with Crippen LogP contribution >= 0.6 is 0 Å². The molecule has 0 radical (unpaired) electrons. The van der Waals surface area contributed by atoms with E-state index in [0.717, 1.165) is 0 Å². The van der Waals surface area contributed by atoms with Crippen molar-refractivity contribution in [1.29, 1.82) is 0 Å². The fourth-order valence-electron chi connectivity index (χ4n) is 1.25. The normalized spacial score (nSPS) is 10.9. The van der Waals surface area contributed by atoms with Gasteiger partial charge in [-0.3, -0.25) is 14.4 Å². The summed E-state index contributed by atoms with van der Waals surface area (Å²) >= 11 is 0.